The van der Waals surface area contributed by atoms with Crippen LogP contribution < -0.4 is 10.6 Å². The molecule has 3 rings (SSSR count). The molecule has 142 valence electrons. The number of nitrogens with one attached hydrogen (secondary N) is 2. The van der Waals surface area contributed by atoms with Gasteiger partial charge in [0.25, 0.3) is 0 Å². The largest absolute Gasteiger partial charge is 0.355 e. The van der Waals surface area contributed by atoms with Gasteiger partial charge in [-0.25, -0.2) is 0 Å². The number of hydrogen-bond donors (Lipinski definition) is 2. The number of carbonyl (C=O) groups excluding carboxylic acids is 2. The molecule has 2 N–H and O–H groups in total. The van der Waals surface area contributed by atoms with E-state index in [1.807, 2.05) is 49.4 Å². The molecule has 0 spiro atoms. The summed E-state index contributed by atoms with van der Waals surface area (Å²) in [6, 6.07) is 13.3. The lowest BCUT2D eigenvalue weighted by Crippen LogP contribution is -2.42. The van der Waals surface area contributed by atoms with Gasteiger partial charge in [-0.15, -0.1) is 0 Å². The van der Waals surface area contributed by atoms with Crippen molar-refractivity contribution < 1.29 is 9.59 Å². The molecule has 1 aliphatic heterocycles. The maximum absolute atomic E-state index is 12.5. The molecule has 2 heterocycles. The molecule has 2 atom stereocenters. The molecular weight excluding hydrogens is 340 g/mol. The number of pyridine rings is 1. The third-order valence-corrected chi connectivity index (χ3v) is 4.76. The third-order valence-electron chi connectivity index (χ3n) is 4.76. The fraction of sp³-hybridized carbons (Fsp3) is 0.381. The average molecular weight is 366 g/mol. The first-order valence-electron chi connectivity index (χ1n) is 9.39. The number of carbonyl (C=O) groups is 2. The molecule has 2 amide bonds. The maximum atomic E-state index is 12.5. The number of amides is 2. The van der Waals surface area contributed by atoms with Crippen molar-refractivity contribution in [3.05, 3.63) is 66.0 Å². The summed E-state index contributed by atoms with van der Waals surface area (Å²) in [6.45, 7) is 3.84. The molecule has 1 aromatic carbocycles. The Hall–Kier alpha value is -2.73. The Morgan fingerprint density at radius 2 is 1.85 bits per heavy atom. The van der Waals surface area contributed by atoms with Gasteiger partial charge >= 0.3 is 0 Å². The van der Waals surface area contributed by atoms with Crippen molar-refractivity contribution in [2.45, 2.75) is 38.4 Å². The van der Waals surface area contributed by atoms with Gasteiger partial charge in [-0.2, -0.15) is 0 Å². The number of hydrogen-bond acceptors (Lipinski definition) is 4. The quantitative estimate of drug-likeness (QED) is 0.779. The van der Waals surface area contributed by atoms with Gasteiger partial charge in [-0.05, 0) is 36.6 Å². The van der Waals surface area contributed by atoms with E-state index in [1.54, 1.807) is 12.4 Å². The van der Waals surface area contributed by atoms with E-state index in [2.05, 4.69) is 20.5 Å². The molecule has 0 aliphatic carbocycles. The first-order valence-corrected chi connectivity index (χ1v) is 9.39. The summed E-state index contributed by atoms with van der Waals surface area (Å²) in [6.07, 6.45) is 4.49. The number of nitrogens with zero attached hydrogens (tertiary/aromatic N) is 2. The van der Waals surface area contributed by atoms with E-state index in [0.29, 0.717) is 32.5 Å². The molecule has 0 saturated carbocycles. The van der Waals surface area contributed by atoms with Crippen LogP contribution in [0.5, 0.6) is 0 Å². The summed E-state index contributed by atoms with van der Waals surface area (Å²) in [5.74, 6) is 0.0120. The van der Waals surface area contributed by atoms with E-state index in [-0.39, 0.29) is 23.9 Å². The normalized spacial score (nSPS) is 19.6. The summed E-state index contributed by atoms with van der Waals surface area (Å²) in [7, 11) is 0. The van der Waals surface area contributed by atoms with Crippen molar-refractivity contribution >= 4 is 11.8 Å². The van der Waals surface area contributed by atoms with Crippen LogP contribution in [0.25, 0.3) is 0 Å². The second-order valence-corrected chi connectivity index (χ2v) is 6.86. The fourth-order valence-electron chi connectivity index (χ4n) is 3.53. The van der Waals surface area contributed by atoms with E-state index in [9.17, 15) is 9.59 Å². The van der Waals surface area contributed by atoms with Crippen molar-refractivity contribution in [3.8, 4) is 0 Å². The number of likely N-dealkylation sites (tertiary alicyclic amines) is 1. The first kappa shape index (κ1) is 19.0. The predicted octanol–water partition coefficient (Wildman–Crippen LogP) is 1.52. The van der Waals surface area contributed by atoms with Crippen LogP contribution in [0.15, 0.2) is 54.9 Å². The topological polar surface area (TPSA) is 74.3 Å². The fourth-order valence-corrected chi connectivity index (χ4v) is 3.53. The van der Waals surface area contributed by atoms with E-state index >= 15 is 0 Å². The Labute approximate surface area is 160 Å². The molecule has 6 heteroatoms. The van der Waals surface area contributed by atoms with Crippen LogP contribution in [0.4, 0.5) is 0 Å². The Morgan fingerprint density at radius 1 is 1.11 bits per heavy atom. The Kier molecular flexibility index (Phi) is 6.54. The lowest BCUT2D eigenvalue weighted by atomic mass is 10.1. The summed E-state index contributed by atoms with van der Waals surface area (Å²) < 4.78 is 0. The van der Waals surface area contributed by atoms with Gasteiger partial charge in [0.05, 0.1) is 12.5 Å². The Bertz CT molecular complexity index is 751. The maximum Gasteiger partial charge on any atom is 0.237 e. The molecule has 2 unspecified atom stereocenters. The van der Waals surface area contributed by atoms with E-state index in [0.717, 1.165) is 11.1 Å². The van der Waals surface area contributed by atoms with E-state index in [4.69, 9.17) is 0 Å². The second-order valence-electron chi connectivity index (χ2n) is 6.86. The van der Waals surface area contributed by atoms with Crippen molar-refractivity contribution in [1.29, 1.82) is 0 Å². The van der Waals surface area contributed by atoms with Gasteiger partial charge in [-0.3, -0.25) is 19.5 Å². The molecule has 1 aliphatic rings. The standard InChI is InChI=1S/C21H26N4O2/c1-2-23-21(27)19-13-18(15-25(19)14-17-8-10-22-11-9-17)24-20(26)12-16-6-4-3-5-7-16/h3-11,18-19H,2,12-15H2,1H3,(H,23,27)(H,24,26). The highest BCUT2D eigenvalue weighted by Gasteiger charge is 2.37. The summed E-state index contributed by atoms with van der Waals surface area (Å²) >= 11 is 0. The smallest absolute Gasteiger partial charge is 0.237 e. The molecule has 0 bridgehead atoms. The zero-order valence-corrected chi connectivity index (χ0v) is 15.6. The Morgan fingerprint density at radius 3 is 2.56 bits per heavy atom. The van der Waals surface area contributed by atoms with Gasteiger partial charge in [0.2, 0.25) is 11.8 Å². The minimum atomic E-state index is -0.236. The van der Waals surface area contributed by atoms with Gasteiger partial charge in [0.1, 0.15) is 0 Å². The molecule has 1 fully saturated rings. The van der Waals surface area contributed by atoms with Crippen LogP contribution in [0.2, 0.25) is 0 Å². The molecule has 1 saturated heterocycles. The molecule has 1 aromatic heterocycles. The lowest BCUT2D eigenvalue weighted by molar-refractivity contribution is -0.125. The van der Waals surface area contributed by atoms with Gasteiger partial charge in [0.15, 0.2) is 0 Å². The van der Waals surface area contributed by atoms with E-state index < -0.39 is 0 Å². The van der Waals surface area contributed by atoms with Crippen LogP contribution in [-0.2, 0) is 22.6 Å². The van der Waals surface area contributed by atoms with Crippen molar-refractivity contribution in [2.24, 2.45) is 0 Å². The van der Waals surface area contributed by atoms with Crippen LogP contribution in [-0.4, -0.2) is 46.9 Å². The minimum Gasteiger partial charge on any atom is -0.355 e. The summed E-state index contributed by atoms with van der Waals surface area (Å²) in [5.41, 5.74) is 2.09. The Balaban J connectivity index is 1.63. The number of likely N-dealkylation sites (N-methyl/N-ethyl adjacent to an activating group) is 1. The van der Waals surface area contributed by atoms with Crippen molar-refractivity contribution in [1.82, 2.24) is 20.5 Å². The molecule has 27 heavy (non-hydrogen) atoms. The SMILES string of the molecule is CCNC(=O)C1CC(NC(=O)Cc2ccccc2)CN1Cc1ccncc1. The van der Waals surface area contributed by atoms with Crippen molar-refractivity contribution in [2.75, 3.05) is 13.1 Å². The highest BCUT2D eigenvalue weighted by Crippen LogP contribution is 2.21. The van der Waals surface area contributed by atoms with Gasteiger partial charge in [-0.1, -0.05) is 30.3 Å². The molecule has 6 nitrogen and oxygen atoms in total. The predicted molar refractivity (Wildman–Crippen MR) is 104 cm³/mol. The highest BCUT2D eigenvalue weighted by atomic mass is 16.2. The van der Waals surface area contributed by atoms with Gasteiger partial charge < -0.3 is 10.6 Å². The molecule has 2 aromatic rings. The zero-order valence-electron chi connectivity index (χ0n) is 15.6. The first-order chi connectivity index (χ1) is 13.2. The summed E-state index contributed by atoms with van der Waals surface area (Å²) in [5, 5.41) is 6.01. The van der Waals surface area contributed by atoms with E-state index in [1.165, 1.54) is 0 Å². The number of aromatic nitrogens is 1. The van der Waals surface area contributed by atoms with Crippen LogP contribution in [0, 0.1) is 0 Å². The lowest BCUT2D eigenvalue weighted by Gasteiger charge is -2.23. The monoisotopic (exact) mass is 366 g/mol. The third kappa shape index (κ3) is 5.37. The average Bonchev–Trinajstić information content (AvgIpc) is 3.05. The van der Waals surface area contributed by atoms with Gasteiger partial charge in [0, 0.05) is 38.1 Å². The summed E-state index contributed by atoms with van der Waals surface area (Å²) in [4.78, 5) is 31.1. The zero-order chi connectivity index (χ0) is 19.1. The molecule has 0 radical (unpaired) electrons. The molecular formula is C21H26N4O2. The minimum absolute atomic E-state index is 0.00777. The van der Waals surface area contributed by atoms with Crippen molar-refractivity contribution in [3.63, 3.8) is 0 Å². The van der Waals surface area contributed by atoms with Crippen LogP contribution in [0.3, 0.4) is 0 Å². The van der Waals surface area contributed by atoms with Crippen LogP contribution >= 0.6 is 0 Å². The number of rotatable bonds is 7. The second kappa shape index (κ2) is 9.28. The van der Waals surface area contributed by atoms with Crippen LogP contribution in [0.1, 0.15) is 24.5 Å². The highest BCUT2D eigenvalue weighted by molar-refractivity contribution is 5.83. The number of benzene rings is 1.